The zero-order valence-electron chi connectivity index (χ0n) is 16.0. The minimum absolute atomic E-state index is 0.204. The maximum absolute atomic E-state index is 12.7. The number of hydrogen-bond donors (Lipinski definition) is 2. The zero-order valence-corrected chi connectivity index (χ0v) is 16.0. The SMILES string of the molecule is COCCNC(=O)c1nc(C(=O)NCCN2CCOCC2)c2n1CCCC2. The van der Waals surface area contributed by atoms with Gasteiger partial charge in [0.2, 0.25) is 0 Å². The Hall–Kier alpha value is -1.97. The highest BCUT2D eigenvalue weighted by atomic mass is 16.5. The van der Waals surface area contributed by atoms with Gasteiger partial charge in [-0.2, -0.15) is 0 Å². The first-order valence-electron chi connectivity index (χ1n) is 9.65. The summed E-state index contributed by atoms with van der Waals surface area (Å²) in [6.45, 7) is 6.18. The number of imidazole rings is 1. The standard InChI is InChI=1S/C18H29N5O4/c1-26-11-6-20-18(25)16-21-15(14-4-2-3-7-23(14)16)17(24)19-5-8-22-9-12-27-13-10-22/h2-13H2,1H3,(H,19,24)(H,20,25). The summed E-state index contributed by atoms with van der Waals surface area (Å²) in [5.74, 6) is -0.147. The van der Waals surface area contributed by atoms with E-state index in [1.54, 1.807) is 7.11 Å². The molecule has 3 heterocycles. The van der Waals surface area contributed by atoms with Gasteiger partial charge in [0.1, 0.15) is 5.69 Å². The topological polar surface area (TPSA) is 97.7 Å². The van der Waals surface area contributed by atoms with Crippen LogP contribution in [0.4, 0.5) is 0 Å². The van der Waals surface area contributed by atoms with Crippen LogP contribution >= 0.6 is 0 Å². The van der Waals surface area contributed by atoms with Gasteiger partial charge in [-0.05, 0) is 19.3 Å². The predicted octanol–water partition coefficient (Wildman–Crippen LogP) is -0.342. The number of methoxy groups -OCH3 is 1. The molecule has 2 aliphatic heterocycles. The maximum atomic E-state index is 12.7. The Balaban J connectivity index is 1.63. The molecule has 3 rings (SSSR count). The van der Waals surface area contributed by atoms with E-state index in [0.29, 0.717) is 31.2 Å². The number of nitrogens with zero attached hydrogens (tertiary/aromatic N) is 3. The second kappa shape index (κ2) is 9.82. The van der Waals surface area contributed by atoms with Gasteiger partial charge in [0.25, 0.3) is 11.8 Å². The summed E-state index contributed by atoms with van der Waals surface area (Å²) in [5, 5.41) is 5.74. The van der Waals surface area contributed by atoms with Gasteiger partial charge >= 0.3 is 0 Å². The van der Waals surface area contributed by atoms with Crippen molar-refractivity contribution >= 4 is 11.8 Å². The lowest BCUT2D eigenvalue weighted by Gasteiger charge is -2.26. The second-order valence-electron chi connectivity index (χ2n) is 6.80. The Kier molecular flexibility index (Phi) is 7.19. The molecule has 0 radical (unpaired) electrons. The highest BCUT2D eigenvalue weighted by Gasteiger charge is 2.27. The number of morpholine rings is 1. The highest BCUT2D eigenvalue weighted by molar-refractivity contribution is 5.97. The number of nitrogens with one attached hydrogen (secondary N) is 2. The van der Waals surface area contributed by atoms with Crippen molar-refractivity contribution in [1.29, 1.82) is 0 Å². The van der Waals surface area contributed by atoms with Gasteiger partial charge in [0, 0.05) is 46.4 Å². The van der Waals surface area contributed by atoms with Crippen molar-refractivity contribution in [1.82, 2.24) is 25.1 Å². The van der Waals surface area contributed by atoms with E-state index in [0.717, 1.165) is 64.3 Å². The molecule has 0 spiro atoms. The average Bonchev–Trinajstić information content (AvgIpc) is 3.09. The quantitative estimate of drug-likeness (QED) is 0.600. The normalized spacial score (nSPS) is 17.4. The Morgan fingerprint density at radius 2 is 1.89 bits per heavy atom. The fraction of sp³-hybridized carbons (Fsp3) is 0.722. The molecule has 2 amide bonds. The number of aromatic nitrogens is 2. The molecule has 1 fully saturated rings. The first-order valence-corrected chi connectivity index (χ1v) is 9.65. The van der Waals surface area contributed by atoms with Crippen molar-refractivity contribution in [2.24, 2.45) is 0 Å². The largest absolute Gasteiger partial charge is 0.383 e. The van der Waals surface area contributed by atoms with E-state index in [4.69, 9.17) is 9.47 Å². The van der Waals surface area contributed by atoms with Gasteiger partial charge < -0.3 is 24.7 Å². The summed E-state index contributed by atoms with van der Waals surface area (Å²) in [6.07, 6.45) is 2.76. The third-order valence-corrected chi connectivity index (χ3v) is 4.95. The third kappa shape index (κ3) is 5.06. The summed E-state index contributed by atoms with van der Waals surface area (Å²) in [6, 6.07) is 0. The lowest BCUT2D eigenvalue weighted by atomic mass is 10.1. The fourth-order valence-electron chi connectivity index (χ4n) is 3.48. The predicted molar refractivity (Wildman–Crippen MR) is 99.0 cm³/mol. The van der Waals surface area contributed by atoms with E-state index >= 15 is 0 Å². The van der Waals surface area contributed by atoms with Crippen LogP contribution in [0.5, 0.6) is 0 Å². The Bertz CT molecular complexity index is 654. The average molecular weight is 379 g/mol. The Morgan fingerprint density at radius 1 is 1.11 bits per heavy atom. The molecule has 2 aliphatic rings. The van der Waals surface area contributed by atoms with Gasteiger partial charge in [-0.1, -0.05) is 0 Å². The number of amides is 2. The van der Waals surface area contributed by atoms with Crippen molar-refractivity contribution in [2.75, 3.05) is 59.7 Å². The molecule has 9 nitrogen and oxygen atoms in total. The van der Waals surface area contributed by atoms with Crippen LogP contribution in [0.2, 0.25) is 0 Å². The molecule has 0 atom stereocenters. The molecule has 27 heavy (non-hydrogen) atoms. The monoisotopic (exact) mass is 379 g/mol. The van der Waals surface area contributed by atoms with Crippen LogP contribution in [0.15, 0.2) is 0 Å². The fourth-order valence-corrected chi connectivity index (χ4v) is 3.48. The molecular weight excluding hydrogens is 350 g/mol. The summed E-state index contributed by atoms with van der Waals surface area (Å²) in [7, 11) is 1.59. The highest BCUT2D eigenvalue weighted by Crippen LogP contribution is 2.21. The number of fused-ring (bicyclic) bond motifs is 1. The molecule has 9 heteroatoms. The summed E-state index contributed by atoms with van der Waals surface area (Å²) < 4.78 is 12.2. The van der Waals surface area contributed by atoms with Crippen molar-refractivity contribution < 1.29 is 19.1 Å². The molecule has 1 saturated heterocycles. The van der Waals surface area contributed by atoms with Gasteiger partial charge in [0.05, 0.1) is 25.5 Å². The first kappa shape index (κ1) is 19.8. The zero-order chi connectivity index (χ0) is 19.1. The lowest BCUT2D eigenvalue weighted by molar-refractivity contribution is 0.0383. The molecule has 0 aliphatic carbocycles. The molecule has 150 valence electrons. The number of ether oxygens (including phenoxy) is 2. The molecule has 1 aromatic rings. The van der Waals surface area contributed by atoms with Crippen molar-refractivity contribution in [3.8, 4) is 0 Å². The van der Waals surface area contributed by atoms with Gasteiger partial charge in [-0.25, -0.2) is 4.98 Å². The summed E-state index contributed by atoms with van der Waals surface area (Å²) >= 11 is 0. The molecular formula is C18H29N5O4. The van der Waals surface area contributed by atoms with Crippen molar-refractivity contribution in [2.45, 2.75) is 25.8 Å². The molecule has 0 aromatic carbocycles. The van der Waals surface area contributed by atoms with E-state index < -0.39 is 0 Å². The number of hydrogen-bond acceptors (Lipinski definition) is 6. The van der Waals surface area contributed by atoms with Crippen LogP contribution in [0.25, 0.3) is 0 Å². The smallest absolute Gasteiger partial charge is 0.287 e. The van der Waals surface area contributed by atoms with E-state index in [1.165, 1.54) is 0 Å². The molecule has 0 unspecified atom stereocenters. The van der Waals surface area contributed by atoms with Crippen LogP contribution in [0.3, 0.4) is 0 Å². The van der Waals surface area contributed by atoms with E-state index in [-0.39, 0.29) is 11.8 Å². The molecule has 2 N–H and O–H groups in total. The minimum Gasteiger partial charge on any atom is -0.383 e. The summed E-state index contributed by atoms with van der Waals surface area (Å²) in [5.41, 5.74) is 1.25. The Morgan fingerprint density at radius 3 is 2.67 bits per heavy atom. The number of carbonyl (C=O) groups excluding carboxylic acids is 2. The van der Waals surface area contributed by atoms with Crippen LogP contribution in [-0.4, -0.2) is 85.9 Å². The second-order valence-corrected chi connectivity index (χ2v) is 6.80. The van der Waals surface area contributed by atoms with Gasteiger partial charge in [0.15, 0.2) is 5.82 Å². The number of rotatable bonds is 8. The van der Waals surface area contributed by atoms with Crippen LogP contribution in [0, 0.1) is 0 Å². The molecule has 1 aromatic heterocycles. The molecule has 0 saturated carbocycles. The van der Waals surface area contributed by atoms with Crippen molar-refractivity contribution in [3.63, 3.8) is 0 Å². The van der Waals surface area contributed by atoms with Crippen LogP contribution < -0.4 is 10.6 Å². The van der Waals surface area contributed by atoms with Gasteiger partial charge in [-0.15, -0.1) is 0 Å². The van der Waals surface area contributed by atoms with Crippen LogP contribution in [0.1, 0.15) is 39.6 Å². The number of carbonyl (C=O) groups is 2. The summed E-state index contributed by atoms with van der Waals surface area (Å²) in [4.78, 5) is 31.8. The van der Waals surface area contributed by atoms with Crippen LogP contribution in [-0.2, 0) is 22.4 Å². The van der Waals surface area contributed by atoms with Crippen molar-refractivity contribution in [3.05, 3.63) is 17.2 Å². The van der Waals surface area contributed by atoms with E-state index in [9.17, 15) is 9.59 Å². The Labute approximate surface area is 159 Å². The molecule has 0 bridgehead atoms. The third-order valence-electron chi connectivity index (χ3n) is 4.95. The van der Waals surface area contributed by atoms with Gasteiger partial charge in [-0.3, -0.25) is 14.5 Å². The minimum atomic E-state index is -0.262. The lowest BCUT2D eigenvalue weighted by Crippen LogP contribution is -2.41. The van der Waals surface area contributed by atoms with E-state index in [1.807, 2.05) is 4.57 Å². The maximum Gasteiger partial charge on any atom is 0.287 e. The van der Waals surface area contributed by atoms with E-state index in [2.05, 4.69) is 20.5 Å². The first-order chi connectivity index (χ1) is 13.2.